The molecule has 0 radical (unpaired) electrons. The second-order valence-corrected chi connectivity index (χ2v) is 10.3. The first kappa shape index (κ1) is 24.3. The number of nitrogens with zero attached hydrogens (tertiary/aromatic N) is 2. The summed E-state index contributed by atoms with van der Waals surface area (Å²) in [5.74, 6) is -0.0148. The summed E-state index contributed by atoms with van der Waals surface area (Å²) in [5.41, 5.74) is 1.09. The molecule has 0 bridgehead atoms. The number of amides is 3. The van der Waals surface area contributed by atoms with Gasteiger partial charge in [0, 0.05) is 28.4 Å². The lowest BCUT2D eigenvalue weighted by atomic mass is 9.96. The summed E-state index contributed by atoms with van der Waals surface area (Å²) in [6.45, 7) is 7.37. The van der Waals surface area contributed by atoms with Gasteiger partial charge >= 0.3 is 6.03 Å². The second-order valence-electron chi connectivity index (χ2n) is 8.92. The smallest absolute Gasteiger partial charge is 0.318 e. The molecule has 1 aliphatic rings. The van der Waals surface area contributed by atoms with Crippen LogP contribution >= 0.6 is 11.3 Å². The number of thiophene rings is 1. The van der Waals surface area contributed by atoms with E-state index in [0.717, 1.165) is 42.5 Å². The van der Waals surface area contributed by atoms with Crippen molar-refractivity contribution >= 4 is 23.3 Å². The van der Waals surface area contributed by atoms with Crippen molar-refractivity contribution < 1.29 is 9.59 Å². The molecular formula is C26H37N3O2S. The fraction of sp³-hybridized carbons (Fsp3) is 0.538. The summed E-state index contributed by atoms with van der Waals surface area (Å²) in [4.78, 5) is 32.6. The number of nitrogens with one attached hydrogen (secondary N) is 1. The van der Waals surface area contributed by atoms with Crippen LogP contribution in [0.3, 0.4) is 0 Å². The van der Waals surface area contributed by atoms with E-state index in [2.05, 4.69) is 31.3 Å². The molecule has 1 aliphatic carbocycles. The zero-order chi connectivity index (χ0) is 22.9. The van der Waals surface area contributed by atoms with Gasteiger partial charge in [-0.25, -0.2) is 4.79 Å². The van der Waals surface area contributed by atoms with Gasteiger partial charge in [0.1, 0.15) is 6.54 Å². The maximum absolute atomic E-state index is 13.5. The van der Waals surface area contributed by atoms with Gasteiger partial charge in [-0.2, -0.15) is 0 Å². The number of benzene rings is 1. The molecule has 1 aromatic carbocycles. The van der Waals surface area contributed by atoms with Gasteiger partial charge in [0.25, 0.3) is 0 Å². The molecule has 2 aromatic rings. The van der Waals surface area contributed by atoms with Gasteiger partial charge in [0.05, 0.1) is 6.54 Å². The molecule has 3 amide bonds. The molecule has 6 heteroatoms. The minimum Gasteiger partial charge on any atom is -0.335 e. The molecule has 1 fully saturated rings. The number of hydrogen-bond acceptors (Lipinski definition) is 3. The highest BCUT2D eigenvalue weighted by Crippen LogP contribution is 2.20. The number of hydrogen-bond donors (Lipinski definition) is 1. The quantitative estimate of drug-likeness (QED) is 0.525. The Morgan fingerprint density at radius 1 is 1.06 bits per heavy atom. The van der Waals surface area contributed by atoms with Crippen LogP contribution in [0.1, 0.15) is 67.7 Å². The maximum atomic E-state index is 13.5. The predicted octanol–water partition coefficient (Wildman–Crippen LogP) is 5.73. The molecule has 3 rings (SSSR count). The van der Waals surface area contributed by atoms with Gasteiger partial charge in [-0.3, -0.25) is 4.79 Å². The molecule has 1 unspecified atom stereocenters. The van der Waals surface area contributed by atoms with Crippen molar-refractivity contribution in [3.63, 3.8) is 0 Å². The first-order chi connectivity index (χ1) is 15.5. The molecule has 1 saturated carbocycles. The Morgan fingerprint density at radius 2 is 1.78 bits per heavy atom. The van der Waals surface area contributed by atoms with Crippen molar-refractivity contribution in [3.8, 4) is 0 Å². The zero-order valence-electron chi connectivity index (χ0n) is 19.7. The highest BCUT2D eigenvalue weighted by molar-refractivity contribution is 7.11. The van der Waals surface area contributed by atoms with Crippen LogP contribution in [0.2, 0.25) is 0 Å². The van der Waals surface area contributed by atoms with E-state index in [1.165, 1.54) is 11.3 Å². The Balaban J connectivity index is 1.72. The summed E-state index contributed by atoms with van der Waals surface area (Å²) in [7, 11) is 0. The van der Waals surface area contributed by atoms with E-state index in [9.17, 15) is 9.59 Å². The topological polar surface area (TPSA) is 52.7 Å². The van der Waals surface area contributed by atoms with E-state index in [-0.39, 0.29) is 30.6 Å². The minimum absolute atomic E-state index is 0.00472. The van der Waals surface area contributed by atoms with Crippen LogP contribution in [0.25, 0.3) is 0 Å². The van der Waals surface area contributed by atoms with Crippen LogP contribution in [-0.2, 0) is 17.9 Å². The summed E-state index contributed by atoms with van der Waals surface area (Å²) < 4.78 is 0. The zero-order valence-corrected chi connectivity index (χ0v) is 20.5. The second kappa shape index (κ2) is 12.0. The number of carbonyl (C=O) groups is 2. The summed E-state index contributed by atoms with van der Waals surface area (Å²) >= 11 is 1.72. The fourth-order valence-corrected chi connectivity index (χ4v) is 5.10. The van der Waals surface area contributed by atoms with Crippen molar-refractivity contribution in [2.45, 2.75) is 84.5 Å². The van der Waals surface area contributed by atoms with Gasteiger partial charge in [-0.1, -0.05) is 56.5 Å². The first-order valence-corrected chi connectivity index (χ1v) is 12.7. The SMILES string of the molecule is CCC(C)N(CC(=O)N(Cc1ccccc1)Cc1ccc(C)s1)C(=O)NC1CCCCC1. The molecule has 0 saturated heterocycles. The van der Waals surface area contributed by atoms with E-state index in [1.54, 1.807) is 16.2 Å². The largest absolute Gasteiger partial charge is 0.335 e. The van der Waals surface area contributed by atoms with Crippen molar-refractivity contribution in [1.82, 2.24) is 15.1 Å². The number of carbonyl (C=O) groups excluding carboxylic acids is 2. The number of rotatable bonds is 9. The summed E-state index contributed by atoms with van der Waals surface area (Å²) in [5, 5.41) is 3.20. The molecule has 0 spiro atoms. The average Bonchev–Trinajstić information content (AvgIpc) is 3.22. The normalized spacial score (nSPS) is 15.2. The van der Waals surface area contributed by atoms with E-state index in [0.29, 0.717) is 13.1 Å². The molecule has 1 aromatic heterocycles. The lowest BCUT2D eigenvalue weighted by Crippen LogP contribution is -2.52. The van der Waals surface area contributed by atoms with Crippen molar-refractivity contribution in [1.29, 1.82) is 0 Å². The average molecular weight is 456 g/mol. The fourth-order valence-electron chi connectivity index (χ4n) is 4.19. The van der Waals surface area contributed by atoms with E-state index >= 15 is 0 Å². The standard InChI is InChI=1S/C26H37N3O2S/c1-4-20(2)29(26(31)27-23-13-9-6-10-14-23)19-25(30)28(17-22-11-7-5-8-12-22)18-24-16-15-21(3)32-24/h5,7-8,11-12,15-16,20,23H,4,6,9-10,13-14,17-19H2,1-3H3,(H,27,31). The van der Waals surface area contributed by atoms with Gasteiger partial charge in [0.15, 0.2) is 0 Å². The van der Waals surface area contributed by atoms with Gasteiger partial charge < -0.3 is 15.1 Å². The van der Waals surface area contributed by atoms with Crippen LogP contribution in [0.15, 0.2) is 42.5 Å². The van der Waals surface area contributed by atoms with E-state index in [1.807, 2.05) is 42.2 Å². The Labute approximate surface area is 196 Å². The lowest BCUT2D eigenvalue weighted by molar-refractivity contribution is -0.133. The number of urea groups is 1. The Kier molecular flexibility index (Phi) is 9.15. The minimum atomic E-state index is -0.105. The van der Waals surface area contributed by atoms with Gasteiger partial charge in [0.2, 0.25) is 5.91 Å². The van der Waals surface area contributed by atoms with Crippen LogP contribution in [0.5, 0.6) is 0 Å². The van der Waals surface area contributed by atoms with Crippen molar-refractivity contribution in [3.05, 3.63) is 57.8 Å². The van der Waals surface area contributed by atoms with Crippen LogP contribution in [-0.4, -0.2) is 40.4 Å². The van der Waals surface area contributed by atoms with Crippen LogP contribution in [0, 0.1) is 6.92 Å². The van der Waals surface area contributed by atoms with Crippen molar-refractivity contribution in [2.24, 2.45) is 0 Å². The van der Waals surface area contributed by atoms with E-state index in [4.69, 9.17) is 0 Å². The third-order valence-electron chi connectivity index (χ3n) is 6.33. The Hall–Kier alpha value is -2.34. The predicted molar refractivity (Wildman–Crippen MR) is 132 cm³/mol. The first-order valence-electron chi connectivity index (χ1n) is 11.9. The molecule has 32 heavy (non-hydrogen) atoms. The van der Waals surface area contributed by atoms with Crippen molar-refractivity contribution in [2.75, 3.05) is 6.54 Å². The highest BCUT2D eigenvalue weighted by atomic mass is 32.1. The Morgan fingerprint density at radius 3 is 2.41 bits per heavy atom. The Bertz CT molecular complexity index is 861. The molecule has 1 heterocycles. The van der Waals surface area contributed by atoms with Crippen LogP contribution in [0.4, 0.5) is 4.79 Å². The third-order valence-corrected chi connectivity index (χ3v) is 7.32. The molecule has 1 atom stereocenters. The molecule has 5 nitrogen and oxygen atoms in total. The maximum Gasteiger partial charge on any atom is 0.318 e. The van der Waals surface area contributed by atoms with Gasteiger partial charge in [-0.05, 0) is 50.8 Å². The number of aryl methyl sites for hydroxylation is 1. The summed E-state index contributed by atoms with van der Waals surface area (Å²) in [6.07, 6.45) is 6.46. The highest BCUT2D eigenvalue weighted by Gasteiger charge is 2.27. The summed E-state index contributed by atoms with van der Waals surface area (Å²) in [6, 6.07) is 14.4. The van der Waals surface area contributed by atoms with E-state index < -0.39 is 0 Å². The molecule has 0 aliphatic heterocycles. The lowest BCUT2D eigenvalue weighted by Gasteiger charge is -2.33. The monoisotopic (exact) mass is 455 g/mol. The molecular weight excluding hydrogens is 418 g/mol. The van der Waals surface area contributed by atoms with Crippen LogP contribution < -0.4 is 5.32 Å². The molecule has 1 N–H and O–H groups in total. The van der Waals surface area contributed by atoms with Gasteiger partial charge in [-0.15, -0.1) is 11.3 Å². The third kappa shape index (κ3) is 7.09. The molecule has 174 valence electrons.